The first-order valence-electron chi connectivity index (χ1n) is 15.1. The molecule has 2 atom stereocenters. The van der Waals surface area contributed by atoms with Gasteiger partial charge in [0.05, 0.1) is 17.1 Å². The van der Waals surface area contributed by atoms with E-state index in [2.05, 4.69) is 44.4 Å². The number of alkyl halides is 2. The van der Waals surface area contributed by atoms with Crippen molar-refractivity contribution in [3.8, 4) is 6.07 Å². The molecule has 1 unspecified atom stereocenters. The second kappa shape index (κ2) is 13.7. The number of halogens is 2. The Hall–Kier alpha value is -4.10. The third kappa shape index (κ3) is 7.69. The molecule has 0 saturated carbocycles. The largest absolute Gasteiger partial charge is 0.333 e. The van der Waals surface area contributed by atoms with Crippen molar-refractivity contribution in [3.63, 3.8) is 0 Å². The second-order valence-corrected chi connectivity index (χ2v) is 12.9. The normalized spacial score (nSPS) is 16.5. The number of nitrogens with zero attached hydrogens (tertiary/aromatic N) is 4. The number of hydrogen-bond acceptors (Lipinski definition) is 5. The molecule has 8 nitrogen and oxygen atoms in total. The number of carbonyl (C=O) groups excluding carboxylic acids is 2. The van der Waals surface area contributed by atoms with Crippen LogP contribution in [0.3, 0.4) is 0 Å². The molecule has 1 aromatic heterocycles. The van der Waals surface area contributed by atoms with Crippen LogP contribution < -0.4 is 10.6 Å². The fourth-order valence-corrected chi connectivity index (χ4v) is 5.24. The maximum absolute atomic E-state index is 13.4. The second-order valence-electron chi connectivity index (χ2n) is 12.9. The lowest BCUT2D eigenvalue weighted by Crippen LogP contribution is -2.39. The van der Waals surface area contributed by atoms with E-state index >= 15 is 0 Å². The van der Waals surface area contributed by atoms with Crippen LogP contribution in [-0.4, -0.2) is 44.9 Å². The molecule has 2 aromatic carbocycles. The van der Waals surface area contributed by atoms with Crippen LogP contribution in [0, 0.1) is 22.7 Å². The van der Waals surface area contributed by atoms with Gasteiger partial charge in [-0.2, -0.15) is 5.26 Å². The van der Waals surface area contributed by atoms with Gasteiger partial charge in [-0.25, -0.2) is 13.8 Å². The fraction of sp³-hybridized carbons (Fsp3) is 0.471. The molecular formula is C34H42F2N6O2. The zero-order valence-electron chi connectivity index (χ0n) is 26.3. The first-order chi connectivity index (χ1) is 20.8. The number of imidazole rings is 1. The Kier molecular flexibility index (Phi) is 10.2. The highest BCUT2D eigenvalue weighted by atomic mass is 19.3. The molecule has 2 N–H and O–H groups in total. The Morgan fingerprint density at radius 2 is 1.84 bits per heavy atom. The number of aromatic nitrogens is 2. The van der Waals surface area contributed by atoms with Crippen LogP contribution in [0.4, 0.5) is 14.7 Å². The summed E-state index contributed by atoms with van der Waals surface area (Å²) in [5, 5.41) is 16.1. The number of benzene rings is 2. The van der Waals surface area contributed by atoms with Crippen LogP contribution in [-0.2, 0) is 17.9 Å². The average Bonchev–Trinajstić information content (AvgIpc) is 3.57. The van der Waals surface area contributed by atoms with E-state index in [1.807, 2.05) is 36.6 Å². The maximum atomic E-state index is 13.4. The Labute approximate surface area is 258 Å². The van der Waals surface area contributed by atoms with Gasteiger partial charge in [0.15, 0.2) is 0 Å². The minimum Gasteiger partial charge on any atom is -0.333 e. The van der Waals surface area contributed by atoms with Crippen LogP contribution in [0.5, 0.6) is 0 Å². The molecule has 234 valence electrons. The number of likely N-dealkylation sites (tertiary alicyclic amines) is 1. The van der Waals surface area contributed by atoms with Gasteiger partial charge in [0.2, 0.25) is 5.95 Å². The first-order valence-corrected chi connectivity index (χ1v) is 15.1. The number of anilines is 1. The van der Waals surface area contributed by atoms with Gasteiger partial charge in [0.25, 0.3) is 18.2 Å². The Morgan fingerprint density at radius 3 is 2.45 bits per heavy atom. The van der Waals surface area contributed by atoms with Crippen molar-refractivity contribution < 1.29 is 18.4 Å². The lowest BCUT2D eigenvalue weighted by atomic mass is 9.88. The lowest BCUT2D eigenvalue weighted by Gasteiger charge is -2.28. The van der Waals surface area contributed by atoms with Gasteiger partial charge in [-0.05, 0) is 60.9 Å². The maximum Gasteiger partial charge on any atom is 0.264 e. The van der Waals surface area contributed by atoms with E-state index in [1.165, 1.54) is 24.3 Å². The van der Waals surface area contributed by atoms with Crippen LogP contribution in [0.2, 0.25) is 0 Å². The topological polar surface area (TPSA) is 103 Å². The van der Waals surface area contributed by atoms with Crippen LogP contribution in [0.1, 0.15) is 82.3 Å². The predicted octanol–water partition coefficient (Wildman–Crippen LogP) is 6.85. The molecule has 1 fully saturated rings. The van der Waals surface area contributed by atoms with E-state index < -0.39 is 12.3 Å². The summed E-state index contributed by atoms with van der Waals surface area (Å²) in [4.78, 5) is 33.1. The fourth-order valence-electron chi connectivity index (χ4n) is 5.24. The number of carbonyl (C=O) groups is 2. The third-order valence-corrected chi connectivity index (χ3v) is 8.26. The number of nitriles is 1. The standard InChI is InChI=1S/C34H42F2N6O2/c1-21(2)16-26(18-37)32(44)41-15-7-8-27(41)20-42-29-14-9-23(19-38-22(3)34(4,5)6)17-28(29)39-33(42)40-31(43)25-12-10-24(11-13-25)30(35)36/h9-14,16-17,21-22,27,30,38H,7-8,15,19-20H2,1-6H3,(H,39,40,43)/b26-16-/t22-,27?/m0/s1. The highest BCUT2D eigenvalue weighted by Gasteiger charge is 2.32. The Bertz CT molecular complexity index is 1560. The van der Waals surface area contributed by atoms with Crippen molar-refractivity contribution in [1.29, 1.82) is 5.26 Å². The molecule has 2 heterocycles. The summed E-state index contributed by atoms with van der Waals surface area (Å²) in [6.45, 7) is 14.1. The summed E-state index contributed by atoms with van der Waals surface area (Å²) in [5.74, 6) is -0.416. The SMILES string of the molecule is CC(C)/C=C(/C#N)C(=O)N1CCCC1Cn1c(NC(=O)c2ccc(C(F)F)cc2)nc2cc(CN[C@@H](C)C(C)(C)C)ccc21. The average molecular weight is 605 g/mol. The summed E-state index contributed by atoms with van der Waals surface area (Å²) < 4.78 is 28.0. The summed E-state index contributed by atoms with van der Waals surface area (Å²) in [7, 11) is 0. The molecule has 10 heteroatoms. The van der Waals surface area contributed by atoms with Gasteiger partial charge in [0.1, 0.15) is 11.6 Å². The zero-order valence-corrected chi connectivity index (χ0v) is 26.3. The number of allylic oxidation sites excluding steroid dienone is 1. The van der Waals surface area contributed by atoms with E-state index in [4.69, 9.17) is 4.98 Å². The minimum absolute atomic E-state index is 0.0545. The molecule has 1 aliphatic rings. The smallest absolute Gasteiger partial charge is 0.264 e. The summed E-state index contributed by atoms with van der Waals surface area (Å²) in [6, 6.07) is 13.3. The van der Waals surface area contributed by atoms with Gasteiger partial charge in [0, 0.05) is 36.8 Å². The van der Waals surface area contributed by atoms with Crippen molar-refractivity contribution in [3.05, 3.63) is 70.8 Å². The van der Waals surface area contributed by atoms with Crippen molar-refractivity contribution >= 4 is 28.8 Å². The van der Waals surface area contributed by atoms with Crippen molar-refractivity contribution in [2.75, 3.05) is 11.9 Å². The van der Waals surface area contributed by atoms with Gasteiger partial charge in [-0.15, -0.1) is 0 Å². The predicted molar refractivity (Wildman–Crippen MR) is 168 cm³/mol. The van der Waals surface area contributed by atoms with E-state index in [-0.39, 0.29) is 46.0 Å². The third-order valence-electron chi connectivity index (χ3n) is 8.26. The quantitative estimate of drug-likeness (QED) is 0.195. The summed E-state index contributed by atoms with van der Waals surface area (Å²) in [5.41, 5.74) is 2.80. The van der Waals surface area contributed by atoms with E-state index in [0.29, 0.717) is 31.1 Å². The number of fused-ring (bicyclic) bond motifs is 1. The molecule has 3 aromatic rings. The van der Waals surface area contributed by atoms with Crippen LogP contribution in [0.15, 0.2) is 54.1 Å². The summed E-state index contributed by atoms with van der Waals surface area (Å²) >= 11 is 0. The highest BCUT2D eigenvalue weighted by molar-refractivity contribution is 6.04. The van der Waals surface area contributed by atoms with Crippen LogP contribution in [0.25, 0.3) is 11.0 Å². The van der Waals surface area contributed by atoms with Crippen molar-refractivity contribution in [1.82, 2.24) is 19.8 Å². The number of rotatable bonds is 10. The monoisotopic (exact) mass is 604 g/mol. The van der Waals surface area contributed by atoms with Crippen molar-refractivity contribution in [2.24, 2.45) is 11.3 Å². The van der Waals surface area contributed by atoms with Crippen LogP contribution >= 0.6 is 0 Å². The number of nitrogens with one attached hydrogen (secondary N) is 2. The molecular weight excluding hydrogens is 562 g/mol. The van der Waals surface area contributed by atoms with Gasteiger partial charge < -0.3 is 14.8 Å². The van der Waals surface area contributed by atoms with Gasteiger partial charge >= 0.3 is 0 Å². The molecule has 1 aliphatic heterocycles. The molecule has 1 saturated heterocycles. The first kappa shape index (κ1) is 32.8. The number of hydrogen-bond donors (Lipinski definition) is 2. The highest BCUT2D eigenvalue weighted by Crippen LogP contribution is 2.28. The zero-order chi connectivity index (χ0) is 32.2. The van der Waals surface area contributed by atoms with Gasteiger partial charge in [-0.1, -0.05) is 58.9 Å². The Morgan fingerprint density at radius 1 is 1.14 bits per heavy atom. The summed E-state index contributed by atoms with van der Waals surface area (Å²) in [6.07, 6.45) is 0.593. The van der Waals surface area contributed by atoms with Crippen molar-refractivity contribution in [2.45, 2.75) is 86.0 Å². The molecule has 4 rings (SSSR count). The van der Waals surface area contributed by atoms with E-state index in [9.17, 15) is 23.6 Å². The molecule has 0 aliphatic carbocycles. The molecule has 44 heavy (non-hydrogen) atoms. The molecule has 0 bridgehead atoms. The lowest BCUT2D eigenvalue weighted by molar-refractivity contribution is -0.127. The van der Waals surface area contributed by atoms with Gasteiger partial charge in [-0.3, -0.25) is 14.9 Å². The van der Waals surface area contributed by atoms with E-state index in [1.54, 1.807) is 11.0 Å². The molecule has 0 radical (unpaired) electrons. The molecule has 0 spiro atoms. The minimum atomic E-state index is -2.62. The Balaban J connectivity index is 1.67. The molecule has 2 amide bonds. The van der Waals surface area contributed by atoms with E-state index in [0.717, 1.165) is 23.9 Å². The number of amides is 2.